The average Bonchev–Trinajstić information content (AvgIpc) is 3.07. The largest absolute Gasteiger partial charge is 0.369 e. The van der Waals surface area contributed by atoms with E-state index in [-0.39, 0.29) is 11.2 Å². The van der Waals surface area contributed by atoms with Gasteiger partial charge in [-0.25, -0.2) is 4.98 Å². The minimum atomic E-state index is -0.386. The summed E-state index contributed by atoms with van der Waals surface area (Å²) in [4.78, 5) is 16.3. The zero-order valence-corrected chi connectivity index (χ0v) is 17.3. The topological polar surface area (TPSA) is 86.7 Å². The molecule has 0 spiro atoms. The Hall–Kier alpha value is -3.19. The quantitative estimate of drug-likeness (QED) is 0.510. The van der Waals surface area contributed by atoms with Gasteiger partial charge in [-0.05, 0) is 26.0 Å². The summed E-state index contributed by atoms with van der Waals surface area (Å²) in [6.07, 6.45) is 0. The van der Waals surface area contributed by atoms with Gasteiger partial charge in [-0.15, -0.1) is 10.2 Å². The lowest BCUT2D eigenvalue weighted by molar-refractivity contribution is -0.117. The van der Waals surface area contributed by atoms with E-state index in [2.05, 4.69) is 41.4 Å². The maximum Gasteiger partial charge on any atom is 0.230 e. The Balaban J connectivity index is 1.86. The first kappa shape index (κ1) is 19.1. The van der Waals surface area contributed by atoms with Crippen molar-refractivity contribution in [1.29, 1.82) is 0 Å². The van der Waals surface area contributed by atoms with Crippen LogP contribution in [0.5, 0.6) is 0 Å². The second kappa shape index (κ2) is 7.67. The number of rotatable bonds is 5. The van der Waals surface area contributed by atoms with E-state index in [0.717, 1.165) is 33.5 Å². The number of amides is 1. The summed E-state index contributed by atoms with van der Waals surface area (Å²) in [5, 5.41) is 9.95. The highest BCUT2D eigenvalue weighted by atomic mass is 32.2. The fourth-order valence-corrected chi connectivity index (χ4v) is 3.87. The molecule has 0 bridgehead atoms. The van der Waals surface area contributed by atoms with Crippen molar-refractivity contribution in [3.63, 3.8) is 0 Å². The first-order valence-electron chi connectivity index (χ1n) is 9.26. The summed E-state index contributed by atoms with van der Waals surface area (Å²) in [7, 11) is 1.89. The first-order chi connectivity index (χ1) is 13.9. The van der Waals surface area contributed by atoms with Crippen LogP contribution in [0.15, 0.2) is 59.8 Å². The summed E-state index contributed by atoms with van der Waals surface area (Å²) in [5.41, 5.74) is 10.4. The molecule has 2 heterocycles. The average molecular weight is 404 g/mol. The second-order valence-electron chi connectivity index (χ2n) is 6.97. The number of nitrogens with two attached hydrogens (primary N) is 1. The fraction of sp³-hybridized carbons (Fsp3) is 0.182. The lowest BCUT2D eigenvalue weighted by Gasteiger charge is -2.11. The summed E-state index contributed by atoms with van der Waals surface area (Å²) in [6.45, 7) is 3.83. The number of carbonyl (C=O) groups excluding carboxylic acids is 1. The highest BCUT2D eigenvalue weighted by Crippen LogP contribution is 2.33. The Morgan fingerprint density at radius 3 is 2.55 bits per heavy atom. The smallest absolute Gasteiger partial charge is 0.230 e. The number of carbonyl (C=O) groups is 1. The van der Waals surface area contributed by atoms with E-state index in [1.807, 2.05) is 41.9 Å². The van der Waals surface area contributed by atoms with Gasteiger partial charge in [0.1, 0.15) is 0 Å². The maximum absolute atomic E-state index is 11.4. The molecule has 1 atom stereocenters. The van der Waals surface area contributed by atoms with E-state index in [4.69, 9.17) is 10.7 Å². The van der Waals surface area contributed by atoms with Crippen LogP contribution in [0.2, 0.25) is 0 Å². The molecular formula is C22H21N5OS. The molecule has 2 aromatic carbocycles. The third-order valence-electron chi connectivity index (χ3n) is 4.82. The lowest BCUT2D eigenvalue weighted by atomic mass is 10.0. The summed E-state index contributed by atoms with van der Waals surface area (Å²) < 4.78 is 1.89. The van der Waals surface area contributed by atoms with Gasteiger partial charge in [-0.3, -0.25) is 4.79 Å². The van der Waals surface area contributed by atoms with Crippen LogP contribution in [0.25, 0.3) is 33.5 Å². The molecule has 1 amide bonds. The third-order valence-corrected chi connectivity index (χ3v) is 5.97. The molecule has 146 valence electrons. The van der Waals surface area contributed by atoms with E-state index >= 15 is 0 Å². The molecule has 2 N–H and O–H groups in total. The fourth-order valence-electron chi connectivity index (χ4n) is 3.10. The molecule has 0 aliphatic heterocycles. The van der Waals surface area contributed by atoms with Crippen molar-refractivity contribution in [1.82, 2.24) is 19.7 Å². The van der Waals surface area contributed by atoms with Crippen LogP contribution >= 0.6 is 11.8 Å². The molecule has 0 unspecified atom stereocenters. The molecule has 7 heteroatoms. The second-order valence-corrected chi connectivity index (χ2v) is 8.27. The number of nitrogens with zero attached hydrogens (tertiary/aromatic N) is 4. The molecule has 4 aromatic rings. The van der Waals surface area contributed by atoms with Gasteiger partial charge in [0, 0.05) is 23.6 Å². The van der Waals surface area contributed by atoms with Gasteiger partial charge in [0.05, 0.1) is 16.5 Å². The van der Waals surface area contributed by atoms with Crippen molar-refractivity contribution in [2.24, 2.45) is 12.8 Å². The van der Waals surface area contributed by atoms with Crippen molar-refractivity contribution in [3.05, 3.63) is 60.2 Å². The van der Waals surface area contributed by atoms with Gasteiger partial charge in [0.15, 0.2) is 11.0 Å². The van der Waals surface area contributed by atoms with Crippen molar-refractivity contribution in [2.45, 2.75) is 24.3 Å². The summed E-state index contributed by atoms with van der Waals surface area (Å²) >= 11 is 1.30. The first-order valence-corrected chi connectivity index (χ1v) is 10.1. The molecule has 0 fully saturated rings. The number of hydrogen-bond donors (Lipinski definition) is 1. The third kappa shape index (κ3) is 3.73. The number of fused-ring (bicyclic) bond motifs is 1. The minimum Gasteiger partial charge on any atom is -0.369 e. The van der Waals surface area contributed by atoms with Crippen molar-refractivity contribution < 1.29 is 4.79 Å². The van der Waals surface area contributed by atoms with Crippen LogP contribution in [-0.4, -0.2) is 30.9 Å². The van der Waals surface area contributed by atoms with Crippen LogP contribution in [0.1, 0.15) is 12.5 Å². The number of aryl methyl sites for hydroxylation is 1. The number of pyridine rings is 1. The van der Waals surface area contributed by atoms with Gasteiger partial charge in [0.25, 0.3) is 0 Å². The molecule has 0 saturated carbocycles. The molecule has 0 radical (unpaired) electrons. The number of aromatic nitrogens is 4. The Morgan fingerprint density at radius 2 is 1.83 bits per heavy atom. The van der Waals surface area contributed by atoms with Crippen molar-refractivity contribution >= 4 is 28.6 Å². The molecule has 0 aliphatic rings. The van der Waals surface area contributed by atoms with Crippen LogP contribution in [0, 0.1) is 6.92 Å². The number of thioether (sulfide) groups is 1. The van der Waals surface area contributed by atoms with Crippen molar-refractivity contribution in [2.75, 3.05) is 0 Å². The van der Waals surface area contributed by atoms with E-state index in [9.17, 15) is 4.79 Å². The van der Waals surface area contributed by atoms with Crippen LogP contribution in [0.4, 0.5) is 0 Å². The Labute approximate surface area is 173 Å². The Morgan fingerprint density at radius 1 is 1.10 bits per heavy atom. The summed E-state index contributed by atoms with van der Waals surface area (Å²) in [5.74, 6) is 0.340. The van der Waals surface area contributed by atoms with Gasteiger partial charge >= 0.3 is 0 Å². The SMILES string of the molecule is Cc1ccc(-c2cc(-c3nnc(S[C@H](C)C(N)=O)n3C)c3ccccc3n2)cc1. The molecule has 0 saturated heterocycles. The predicted octanol–water partition coefficient (Wildman–Crippen LogP) is 3.97. The van der Waals surface area contributed by atoms with Crippen LogP contribution in [0.3, 0.4) is 0 Å². The van der Waals surface area contributed by atoms with E-state index in [1.54, 1.807) is 6.92 Å². The maximum atomic E-state index is 11.4. The van der Waals surface area contributed by atoms with E-state index in [1.165, 1.54) is 17.3 Å². The van der Waals surface area contributed by atoms with Gasteiger partial charge in [0.2, 0.25) is 5.91 Å². The van der Waals surface area contributed by atoms with Crippen molar-refractivity contribution in [3.8, 4) is 22.6 Å². The number of benzene rings is 2. The van der Waals surface area contributed by atoms with Gasteiger partial charge in [-0.1, -0.05) is 59.8 Å². The Bertz CT molecular complexity index is 1200. The van der Waals surface area contributed by atoms with E-state index < -0.39 is 0 Å². The highest BCUT2D eigenvalue weighted by molar-refractivity contribution is 8.00. The molecule has 4 rings (SSSR count). The number of hydrogen-bond acceptors (Lipinski definition) is 5. The van der Waals surface area contributed by atoms with Gasteiger partial charge < -0.3 is 10.3 Å². The highest BCUT2D eigenvalue weighted by Gasteiger charge is 2.19. The van der Waals surface area contributed by atoms with E-state index in [0.29, 0.717) is 5.16 Å². The number of primary amides is 1. The molecular weight excluding hydrogens is 382 g/mol. The minimum absolute atomic E-state index is 0.379. The molecule has 6 nitrogen and oxygen atoms in total. The normalized spacial score (nSPS) is 12.2. The molecule has 2 aromatic heterocycles. The molecule has 29 heavy (non-hydrogen) atoms. The van der Waals surface area contributed by atoms with Crippen LogP contribution in [-0.2, 0) is 11.8 Å². The molecule has 0 aliphatic carbocycles. The Kier molecular flexibility index (Phi) is 5.07. The summed E-state index contributed by atoms with van der Waals surface area (Å²) in [6, 6.07) is 18.3. The zero-order valence-electron chi connectivity index (χ0n) is 16.5. The lowest BCUT2D eigenvalue weighted by Crippen LogP contribution is -2.22. The van der Waals surface area contributed by atoms with Gasteiger partial charge in [-0.2, -0.15) is 0 Å². The number of para-hydroxylation sites is 1. The van der Waals surface area contributed by atoms with Crippen LogP contribution < -0.4 is 5.73 Å². The monoisotopic (exact) mass is 403 g/mol. The zero-order chi connectivity index (χ0) is 20.5. The predicted molar refractivity (Wildman–Crippen MR) is 116 cm³/mol. The standard InChI is InChI=1S/C22H21N5OS/c1-13-8-10-15(11-9-13)19-12-17(16-6-4-5-7-18(16)24-19)21-25-26-22(27(21)3)29-14(2)20(23)28/h4-12,14H,1-3H3,(H2,23,28)/t14-/m1/s1.